The highest BCUT2D eigenvalue weighted by molar-refractivity contribution is 6.31. The molecule has 0 aliphatic heterocycles. The first-order valence-corrected chi connectivity index (χ1v) is 7.18. The number of hydrogen-bond acceptors (Lipinski definition) is 2. The van der Waals surface area contributed by atoms with Gasteiger partial charge in [0, 0.05) is 10.4 Å². The summed E-state index contributed by atoms with van der Waals surface area (Å²) in [5, 5.41) is 20.1. The Hall–Kier alpha value is -1.13. The van der Waals surface area contributed by atoms with Crippen molar-refractivity contribution in [2.24, 2.45) is 0 Å². The van der Waals surface area contributed by atoms with Crippen molar-refractivity contribution < 1.29 is 14.6 Å². The molecule has 2 nitrogen and oxygen atoms in total. The summed E-state index contributed by atoms with van der Waals surface area (Å²) in [6, 6.07) is 11.5. The van der Waals surface area contributed by atoms with E-state index in [9.17, 15) is 14.6 Å². The van der Waals surface area contributed by atoms with Gasteiger partial charge in [-0.2, -0.15) is 0 Å². The highest BCUT2D eigenvalue weighted by atomic mass is 35.5. The maximum atomic E-state index is 14.1. The smallest absolute Gasteiger partial charge is 0.145 e. The summed E-state index contributed by atoms with van der Waals surface area (Å²) in [7, 11) is 0. The van der Waals surface area contributed by atoms with Crippen molar-refractivity contribution in [3.63, 3.8) is 0 Å². The minimum atomic E-state index is -0.990. The Bertz CT molecular complexity index is 610. The highest BCUT2D eigenvalue weighted by Gasteiger charge is 2.32. The lowest BCUT2D eigenvalue weighted by molar-refractivity contribution is 0.115. The molecule has 21 heavy (non-hydrogen) atoms. The first kappa shape index (κ1) is 16.2. The monoisotopic (exact) mass is 328 g/mol. The van der Waals surface area contributed by atoms with Gasteiger partial charge in [0.15, 0.2) is 0 Å². The molecule has 2 rings (SSSR count). The topological polar surface area (TPSA) is 40.5 Å². The van der Waals surface area contributed by atoms with Crippen LogP contribution in [0, 0.1) is 5.82 Å². The minimum absolute atomic E-state index is 0.0217. The zero-order valence-electron chi connectivity index (χ0n) is 11.2. The van der Waals surface area contributed by atoms with E-state index < -0.39 is 11.2 Å². The summed E-state index contributed by atoms with van der Waals surface area (Å²) in [6.07, 6.45) is 0.133. The maximum Gasteiger partial charge on any atom is 0.145 e. The van der Waals surface area contributed by atoms with Gasteiger partial charge in [-0.3, -0.25) is 0 Å². The van der Waals surface area contributed by atoms with Gasteiger partial charge in [0.05, 0.1) is 18.2 Å². The van der Waals surface area contributed by atoms with Crippen molar-refractivity contribution >= 4 is 23.2 Å². The second-order valence-electron chi connectivity index (χ2n) is 4.99. The molecule has 112 valence electrons. The Kier molecular flexibility index (Phi) is 5.22. The summed E-state index contributed by atoms with van der Waals surface area (Å²) in [6.45, 7) is -0.645. The summed E-state index contributed by atoms with van der Waals surface area (Å²) < 4.78 is 14.1. The van der Waals surface area contributed by atoms with Crippen LogP contribution in [0.4, 0.5) is 4.39 Å². The molecule has 0 atom stereocenters. The molecule has 0 radical (unpaired) electrons. The number of benzene rings is 2. The van der Waals surface area contributed by atoms with Crippen molar-refractivity contribution in [2.75, 3.05) is 13.2 Å². The summed E-state index contributed by atoms with van der Waals surface area (Å²) in [5.74, 6) is -0.528. The van der Waals surface area contributed by atoms with Gasteiger partial charge in [-0.05, 0) is 35.7 Å². The molecular weight excluding hydrogens is 314 g/mol. The van der Waals surface area contributed by atoms with Crippen LogP contribution in [-0.4, -0.2) is 23.4 Å². The molecule has 0 aliphatic carbocycles. The molecule has 0 amide bonds. The molecule has 2 aromatic rings. The number of halogens is 3. The fourth-order valence-corrected chi connectivity index (χ4v) is 2.62. The van der Waals surface area contributed by atoms with Gasteiger partial charge in [-0.15, -0.1) is 0 Å². The lowest BCUT2D eigenvalue weighted by Gasteiger charge is -2.31. The summed E-state index contributed by atoms with van der Waals surface area (Å²) in [5.41, 5.74) is 0.0488. The van der Waals surface area contributed by atoms with Gasteiger partial charge in [0.1, 0.15) is 5.82 Å². The van der Waals surface area contributed by atoms with E-state index in [4.69, 9.17) is 23.2 Å². The third-order valence-corrected chi connectivity index (χ3v) is 4.17. The quantitative estimate of drug-likeness (QED) is 0.880. The molecule has 0 aliphatic rings. The molecule has 0 spiro atoms. The van der Waals surface area contributed by atoms with E-state index in [-0.39, 0.29) is 24.7 Å². The normalized spacial score (nSPS) is 11.7. The third kappa shape index (κ3) is 3.38. The van der Waals surface area contributed by atoms with Crippen molar-refractivity contribution in [2.45, 2.75) is 11.8 Å². The zero-order valence-corrected chi connectivity index (χ0v) is 12.7. The molecule has 0 heterocycles. The Morgan fingerprint density at radius 1 is 0.952 bits per heavy atom. The van der Waals surface area contributed by atoms with Gasteiger partial charge in [0.25, 0.3) is 0 Å². The highest BCUT2D eigenvalue weighted by Crippen LogP contribution is 2.31. The van der Waals surface area contributed by atoms with E-state index in [1.807, 2.05) is 0 Å². The predicted molar refractivity (Wildman–Crippen MR) is 82.4 cm³/mol. The van der Waals surface area contributed by atoms with Crippen LogP contribution in [0.2, 0.25) is 10.0 Å². The van der Waals surface area contributed by atoms with Gasteiger partial charge >= 0.3 is 0 Å². The SMILES string of the molecule is OCC(CO)(Cc1cccc(Cl)c1F)c1ccc(Cl)cc1. The first-order valence-electron chi connectivity index (χ1n) is 6.43. The van der Waals surface area contributed by atoms with E-state index in [0.717, 1.165) is 0 Å². The Morgan fingerprint density at radius 3 is 2.14 bits per heavy atom. The molecule has 0 fully saturated rings. The largest absolute Gasteiger partial charge is 0.395 e. The average Bonchev–Trinajstić information content (AvgIpc) is 2.50. The maximum absolute atomic E-state index is 14.1. The number of aliphatic hydroxyl groups excluding tert-OH is 2. The second-order valence-corrected chi connectivity index (χ2v) is 5.84. The van der Waals surface area contributed by atoms with E-state index in [0.29, 0.717) is 16.1 Å². The number of aliphatic hydroxyl groups is 2. The van der Waals surface area contributed by atoms with Crippen LogP contribution in [0.15, 0.2) is 42.5 Å². The zero-order chi connectivity index (χ0) is 15.5. The van der Waals surface area contributed by atoms with Crippen molar-refractivity contribution in [1.82, 2.24) is 0 Å². The van der Waals surface area contributed by atoms with Crippen LogP contribution < -0.4 is 0 Å². The first-order chi connectivity index (χ1) is 10.0. The Labute approximate surface area is 132 Å². The van der Waals surface area contributed by atoms with Crippen LogP contribution in [0.25, 0.3) is 0 Å². The fourth-order valence-electron chi connectivity index (χ4n) is 2.30. The molecule has 0 unspecified atom stereocenters. The van der Waals surface area contributed by atoms with Crippen LogP contribution in [-0.2, 0) is 11.8 Å². The number of rotatable bonds is 5. The van der Waals surface area contributed by atoms with Gasteiger partial charge in [-0.1, -0.05) is 47.5 Å². The van der Waals surface area contributed by atoms with Crippen molar-refractivity contribution in [3.05, 3.63) is 69.5 Å². The van der Waals surface area contributed by atoms with E-state index in [1.165, 1.54) is 6.07 Å². The standard InChI is InChI=1S/C16H15Cl2FO2/c17-13-6-4-12(5-7-13)16(9-20,10-21)8-11-2-1-3-14(18)15(11)19/h1-7,20-21H,8-10H2. The van der Waals surface area contributed by atoms with Gasteiger partial charge in [0.2, 0.25) is 0 Å². The molecule has 0 bridgehead atoms. The Morgan fingerprint density at radius 2 is 1.57 bits per heavy atom. The number of hydrogen-bond donors (Lipinski definition) is 2. The van der Waals surface area contributed by atoms with Gasteiger partial charge in [-0.25, -0.2) is 4.39 Å². The average molecular weight is 329 g/mol. The lowest BCUT2D eigenvalue weighted by Crippen LogP contribution is -2.37. The molecule has 5 heteroatoms. The summed E-state index contributed by atoms with van der Waals surface area (Å²) >= 11 is 11.6. The molecular formula is C16H15Cl2FO2. The predicted octanol–water partition coefficient (Wildman–Crippen LogP) is 3.60. The van der Waals surface area contributed by atoms with Crippen LogP contribution >= 0.6 is 23.2 Å². The van der Waals surface area contributed by atoms with Crippen LogP contribution in [0.1, 0.15) is 11.1 Å². The lowest BCUT2D eigenvalue weighted by atomic mass is 9.77. The minimum Gasteiger partial charge on any atom is -0.395 e. The summed E-state index contributed by atoms with van der Waals surface area (Å²) in [4.78, 5) is 0. The molecule has 0 saturated heterocycles. The molecule has 2 aromatic carbocycles. The van der Waals surface area contributed by atoms with Crippen LogP contribution in [0.5, 0.6) is 0 Å². The van der Waals surface area contributed by atoms with Crippen molar-refractivity contribution in [1.29, 1.82) is 0 Å². The molecule has 0 aromatic heterocycles. The molecule has 0 saturated carbocycles. The van der Waals surface area contributed by atoms with Crippen LogP contribution in [0.3, 0.4) is 0 Å². The van der Waals surface area contributed by atoms with E-state index in [2.05, 4.69) is 0 Å². The van der Waals surface area contributed by atoms with E-state index in [1.54, 1.807) is 36.4 Å². The van der Waals surface area contributed by atoms with Crippen molar-refractivity contribution in [3.8, 4) is 0 Å². The fraction of sp³-hybridized carbons (Fsp3) is 0.250. The van der Waals surface area contributed by atoms with E-state index >= 15 is 0 Å². The van der Waals surface area contributed by atoms with Gasteiger partial charge < -0.3 is 10.2 Å². The second kappa shape index (κ2) is 6.75. The molecule has 2 N–H and O–H groups in total. The Balaban J connectivity index is 2.43. The third-order valence-electron chi connectivity index (χ3n) is 3.62.